The molecule has 10 aromatic rings. The van der Waals surface area contributed by atoms with E-state index in [9.17, 15) is 0 Å². The van der Waals surface area contributed by atoms with Crippen molar-refractivity contribution in [3.8, 4) is 33.4 Å². The second-order valence-electron chi connectivity index (χ2n) is 15.4. The van der Waals surface area contributed by atoms with Crippen molar-refractivity contribution < 1.29 is 4.42 Å². The molecule has 1 fully saturated rings. The van der Waals surface area contributed by atoms with E-state index in [-0.39, 0.29) is 0 Å². The van der Waals surface area contributed by atoms with Crippen LogP contribution in [0.2, 0.25) is 0 Å². The van der Waals surface area contributed by atoms with Crippen molar-refractivity contribution in [2.24, 2.45) is 0 Å². The Bertz CT molecular complexity index is 3060. The lowest BCUT2D eigenvalue weighted by Crippen LogP contribution is -2.12. The summed E-state index contributed by atoms with van der Waals surface area (Å²) in [6.07, 6.45) is 6.56. The van der Waals surface area contributed by atoms with Gasteiger partial charge in [0.15, 0.2) is 0 Å². The molecule has 2 aromatic heterocycles. The number of fused-ring (bicyclic) bond motifs is 6. The van der Waals surface area contributed by atoms with Gasteiger partial charge in [0.25, 0.3) is 0 Å². The van der Waals surface area contributed by atoms with E-state index < -0.39 is 0 Å². The van der Waals surface area contributed by atoms with E-state index in [0.717, 1.165) is 50.1 Å². The van der Waals surface area contributed by atoms with Gasteiger partial charge in [0, 0.05) is 59.0 Å². The second-order valence-corrected chi connectivity index (χ2v) is 16.5. The van der Waals surface area contributed by atoms with Gasteiger partial charge >= 0.3 is 0 Å². The molecule has 0 atom stereocenters. The number of rotatable bonds is 7. The summed E-state index contributed by atoms with van der Waals surface area (Å²) < 4.78 is 9.19. The molecule has 2 heterocycles. The van der Waals surface area contributed by atoms with E-state index in [2.05, 4.69) is 181 Å². The first-order chi connectivity index (χ1) is 28.3. The van der Waals surface area contributed by atoms with E-state index in [1.807, 2.05) is 17.4 Å². The molecule has 1 saturated carbocycles. The van der Waals surface area contributed by atoms with Gasteiger partial charge in [-0.05, 0) is 83.5 Å². The molecule has 0 amide bonds. The quantitative estimate of drug-likeness (QED) is 0.161. The summed E-state index contributed by atoms with van der Waals surface area (Å²) in [5.41, 5.74) is 13.8. The Labute approximate surface area is 337 Å². The highest BCUT2D eigenvalue weighted by Crippen LogP contribution is 2.49. The molecule has 0 radical (unpaired) electrons. The lowest BCUT2D eigenvalue weighted by atomic mass is 9.84. The Morgan fingerprint density at radius 1 is 0.474 bits per heavy atom. The summed E-state index contributed by atoms with van der Waals surface area (Å²) >= 11 is 1.89. The van der Waals surface area contributed by atoms with E-state index in [1.54, 1.807) is 0 Å². The Kier molecular flexibility index (Phi) is 8.48. The third kappa shape index (κ3) is 5.93. The number of anilines is 3. The smallest absolute Gasteiger partial charge is 0.143 e. The number of nitrogens with zero attached hydrogens (tertiary/aromatic N) is 1. The van der Waals surface area contributed by atoms with Crippen LogP contribution in [0.4, 0.5) is 17.1 Å². The van der Waals surface area contributed by atoms with Gasteiger partial charge in [0.05, 0.1) is 5.69 Å². The summed E-state index contributed by atoms with van der Waals surface area (Å²) in [6, 6.07) is 66.8. The molecule has 2 nitrogen and oxygen atoms in total. The lowest BCUT2D eigenvalue weighted by Gasteiger charge is -2.30. The molecule has 0 aliphatic heterocycles. The van der Waals surface area contributed by atoms with Gasteiger partial charge in [0.1, 0.15) is 11.2 Å². The zero-order valence-electron chi connectivity index (χ0n) is 31.7. The van der Waals surface area contributed by atoms with E-state index in [4.69, 9.17) is 4.42 Å². The highest BCUT2D eigenvalue weighted by atomic mass is 32.1. The van der Waals surface area contributed by atoms with Crippen LogP contribution in [0, 0.1) is 0 Å². The molecule has 0 saturated heterocycles. The highest BCUT2D eigenvalue weighted by Gasteiger charge is 2.24. The third-order valence-electron chi connectivity index (χ3n) is 12.1. The number of furan rings is 1. The van der Waals surface area contributed by atoms with Crippen LogP contribution < -0.4 is 4.90 Å². The van der Waals surface area contributed by atoms with Crippen LogP contribution >= 0.6 is 11.3 Å². The SMILES string of the molecule is c1ccc(-c2c(-c3cccc4c3sc3ccccc34)cccc2N(c2ccc(C3CCCCC3)cc2)c2cccc(-c3cccc4c3oc3ccccc34)c2)cc1. The Hall–Kier alpha value is -6.42. The molecular formula is C54H41NOS. The van der Waals surface area contributed by atoms with Gasteiger partial charge in [0.2, 0.25) is 0 Å². The van der Waals surface area contributed by atoms with Crippen molar-refractivity contribution in [2.75, 3.05) is 4.90 Å². The van der Waals surface area contributed by atoms with Crippen LogP contribution in [0.25, 0.3) is 75.5 Å². The van der Waals surface area contributed by atoms with Crippen molar-refractivity contribution >= 4 is 70.5 Å². The Morgan fingerprint density at radius 2 is 1.14 bits per heavy atom. The van der Waals surface area contributed by atoms with Gasteiger partial charge in [-0.15, -0.1) is 11.3 Å². The van der Waals surface area contributed by atoms with E-state index in [1.165, 1.54) is 80.1 Å². The number of benzene rings is 8. The van der Waals surface area contributed by atoms with Crippen LogP contribution in [-0.4, -0.2) is 0 Å². The molecule has 274 valence electrons. The lowest BCUT2D eigenvalue weighted by molar-refractivity contribution is 0.443. The topological polar surface area (TPSA) is 16.4 Å². The molecule has 57 heavy (non-hydrogen) atoms. The predicted molar refractivity (Wildman–Crippen MR) is 243 cm³/mol. The molecule has 1 aliphatic rings. The van der Waals surface area contributed by atoms with Crippen LogP contribution in [0.1, 0.15) is 43.6 Å². The monoisotopic (exact) mass is 751 g/mol. The van der Waals surface area contributed by atoms with E-state index >= 15 is 0 Å². The maximum Gasteiger partial charge on any atom is 0.143 e. The standard InChI is InChI=1S/C54H41NOS/c1-3-15-36(16-4-1)37-31-33-40(34-32-37)55(41-20-11-19-39(35-41)42-23-12-25-46-43-21-7-9-29-50(43)56-53(42)46)49-28-14-24-45(52(49)38-17-5-2-6-18-38)48-27-13-26-47-44-22-8-10-30-51(44)57-54(47)48/h2,5-14,17-36H,1,3-4,15-16H2. The highest BCUT2D eigenvalue weighted by molar-refractivity contribution is 7.26. The van der Waals surface area contributed by atoms with Crippen molar-refractivity contribution in [1.29, 1.82) is 0 Å². The Morgan fingerprint density at radius 3 is 2.00 bits per heavy atom. The van der Waals surface area contributed by atoms with Gasteiger partial charge < -0.3 is 9.32 Å². The minimum Gasteiger partial charge on any atom is -0.455 e. The molecule has 0 unspecified atom stereocenters. The first-order valence-electron chi connectivity index (χ1n) is 20.3. The molecule has 8 aromatic carbocycles. The summed E-state index contributed by atoms with van der Waals surface area (Å²) in [5, 5.41) is 4.90. The number of thiophene rings is 1. The largest absolute Gasteiger partial charge is 0.455 e. The van der Waals surface area contributed by atoms with Gasteiger partial charge in [-0.3, -0.25) is 0 Å². The molecule has 3 heteroatoms. The van der Waals surface area contributed by atoms with Crippen molar-refractivity contribution in [3.05, 3.63) is 188 Å². The van der Waals surface area contributed by atoms with Crippen molar-refractivity contribution in [1.82, 2.24) is 0 Å². The summed E-state index contributed by atoms with van der Waals surface area (Å²) in [4.78, 5) is 2.48. The number of hydrogen-bond acceptors (Lipinski definition) is 3. The van der Waals surface area contributed by atoms with Gasteiger partial charge in [-0.25, -0.2) is 0 Å². The first kappa shape index (κ1) is 33.9. The molecule has 11 rings (SSSR count). The fourth-order valence-corrected chi connectivity index (χ4v) is 10.6. The van der Waals surface area contributed by atoms with Gasteiger partial charge in [-0.2, -0.15) is 0 Å². The fourth-order valence-electron chi connectivity index (χ4n) is 9.36. The average molecular weight is 752 g/mol. The minimum atomic E-state index is 0.638. The zero-order valence-corrected chi connectivity index (χ0v) is 32.5. The second kappa shape index (κ2) is 14.3. The molecule has 0 N–H and O–H groups in total. The summed E-state index contributed by atoms with van der Waals surface area (Å²) in [6.45, 7) is 0. The number of para-hydroxylation sites is 2. The number of hydrogen-bond donors (Lipinski definition) is 0. The first-order valence-corrected chi connectivity index (χ1v) is 21.1. The molecular weight excluding hydrogens is 711 g/mol. The summed E-state index contributed by atoms with van der Waals surface area (Å²) in [5.74, 6) is 0.638. The van der Waals surface area contributed by atoms with Crippen LogP contribution in [0.5, 0.6) is 0 Å². The minimum absolute atomic E-state index is 0.638. The maximum absolute atomic E-state index is 6.56. The molecule has 0 spiro atoms. The third-order valence-corrected chi connectivity index (χ3v) is 13.3. The Balaban J connectivity index is 1.14. The normalized spacial score (nSPS) is 13.5. The predicted octanol–water partition coefficient (Wildman–Crippen LogP) is 16.5. The van der Waals surface area contributed by atoms with Crippen LogP contribution in [0.3, 0.4) is 0 Å². The van der Waals surface area contributed by atoms with Gasteiger partial charge in [-0.1, -0.05) is 159 Å². The fraction of sp³-hybridized carbons (Fsp3) is 0.111. The van der Waals surface area contributed by atoms with Crippen LogP contribution in [0.15, 0.2) is 186 Å². The van der Waals surface area contributed by atoms with E-state index in [0.29, 0.717) is 5.92 Å². The molecule has 1 aliphatic carbocycles. The van der Waals surface area contributed by atoms with Crippen molar-refractivity contribution in [3.63, 3.8) is 0 Å². The maximum atomic E-state index is 6.56. The average Bonchev–Trinajstić information content (AvgIpc) is 3.86. The van der Waals surface area contributed by atoms with Crippen LogP contribution in [-0.2, 0) is 0 Å². The summed E-state index contributed by atoms with van der Waals surface area (Å²) in [7, 11) is 0. The molecule has 0 bridgehead atoms. The zero-order chi connectivity index (χ0) is 37.7. The van der Waals surface area contributed by atoms with Crippen molar-refractivity contribution in [2.45, 2.75) is 38.0 Å².